The van der Waals surface area contributed by atoms with Crippen molar-refractivity contribution in [2.75, 3.05) is 26.4 Å². The molecule has 1 atom stereocenters. The van der Waals surface area contributed by atoms with E-state index in [4.69, 9.17) is 14.2 Å². The van der Waals surface area contributed by atoms with Crippen LogP contribution in [0.5, 0.6) is 0 Å². The average Bonchev–Trinajstić information content (AvgIpc) is 2.43. The summed E-state index contributed by atoms with van der Waals surface area (Å²) in [4.78, 5) is 33.2. The van der Waals surface area contributed by atoms with Crippen LogP contribution in [0, 0.1) is 0 Å². The molecule has 0 saturated carbocycles. The smallest absolute Gasteiger partial charge is 0.407 e. The van der Waals surface area contributed by atoms with E-state index in [0.717, 1.165) is 6.08 Å². The minimum Gasteiger partial charge on any atom is -0.461 e. The first-order valence-corrected chi connectivity index (χ1v) is 6.50. The Morgan fingerprint density at radius 2 is 1.95 bits per heavy atom. The molecule has 0 aromatic carbocycles. The van der Waals surface area contributed by atoms with Crippen molar-refractivity contribution >= 4 is 18.0 Å². The molecule has 0 rings (SSSR count). The van der Waals surface area contributed by atoms with Crippen LogP contribution in [0.15, 0.2) is 12.7 Å². The number of hydrogen-bond donors (Lipinski definition) is 1. The van der Waals surface area contributed by atoms with Crippen molar-refractivity contribution in [2.24, 2.45) is 0 Å². The Kier molecular flexibility index (Phi) is 10.5. The highest BCUT2D eigenvalue weighted by molar-refractivity contribution is 5.81. The molecule has 0 aliphatic rings. The number of hydrogen-bond acceptors (Lipinski definition) is 7. The Labute approximate surface area is 123 Å². The standard InChI is InChI=1S/C13H21NO7/c1-4-11(15)19-9-7-14-13(17)20-8-6-12(16)21-10(3)18-5-2/h4,10H,1,5-9H2,2-3H3,(H,14,17). The minimum absolute atomic E-state index is 0.00780. The SMILES string of the molecule is C=CC(=O)OCCNC(=O)OCCC(=O)OC(C)OCC. The van der Waals surface area contributed by atoms with Gasteiger partial charge in [0.05, 0.1) is 13.0 Å². The van der Waals surface area contributed by atoms with Gasteiger partial charge in [-0.1, -0.05) is 6.58 Å². The van der Waals surface area contributed by atoms with E-state index in [1.165, 1.54) is 0 Å². The van der Waals surface area contributed by atoms with E-state index >= 15 is 0 Å². The van der Waals surface area contributed by atoms with Crippen LogP contribution in [0.25, 0.3) is 0 Å². The molecular weight excluding hydrogens is 282 g/mol. The summed E-state index contributed by atoms with van der Waals surface area (Å²) in [5.41, 5.74) is 0. The number of nitrogens with one attached hydrogen (secondary N) is 1. The first kappa shape index (κ1) is 18.9. The molecule has 0 heterocycles. The molecule has 0 aromatic heterocycles. The summed E-state index contributed by atoms with van der Waals surface area (Å²) in [5.74, 6) is -1.10. The first-order valence-electron chi connectivity index (χ1n) is 6.50. The fraction of sp³-hybridized carbons (Fsp3) is 0.615. The second-order valence-electron chi connectivity index (χ2n) is 3.70. The maximum Gasteiger partial charge on any atom is 0.407 e. The third-order valence-electron chi connectivity index (χ3n) is 2.02. The topological polar surface area (TPSA) is 100 Å². The van der Waals surface area contributed by atoms with Gasteiger partial charge in [-0.2, -0.15) is 0 Å². The summed E-state index contributed by atoms with van der Waals surface area (Å²) >= 11 is 0. The summed E-state index contributed by atoms with van der Waals surface area (Å²) in [5, 5.41) is 2.35. The summed E-state index contributed by atoms with van der Waals surface area (Å²) in [6.07, 6.45) is -0.394. The second kappa shape index (κ2) is 11.7. The normalized spacial score (nSPS) is 11.1. The van der Waals surface area contributed by atoms with E-state index < -0.39 is 24.3 Å². The Bertz CT molecular complexity index is 356. The van der Waals surface area contributed by atoms with Gasteiger partial charge in [0.15, 0.2) is 6.29 Å². The van der Waals surface area contributed by atoms with Crippen molar-refractivity contribution in [3.63, 3.8) is 0 Å². The van der Waals surface area contributed by atoms with Crippen LogP contribution in [-0.2, 0) is 28.5 Å². The van der Waals surface area contributed by atoms with Crippen molar-refractivity contribution in [3.05, 3.63) is 12.7 Å². The molecule has 1 amide bonds. The maximum absolute atomic E-state index is 11.3. The number of esters is 2. The fourth-order valence-corrected chi connectivity index (χ4v) is 1.15. The zero-order valence-electron chi connectivity index (χ0n) is 12.3. The van der Waals surface area contributed by atoms with E-state index in [1.54, 1.807) is 13.8 Å². The van der Waals surface area contributed by atoms with Crippen molar-refractivity contribution < 1.29 is 33.3 Å². The highest BCUT2D eigenvalue weighted by Gasteiger charge is 2.10. The lowest BCUT2D eigenvalue weighted by molar-refractivity contribution is -0.174. The number of carbonyl (C=O) groups is 3. The number of alkyl carbamates (subject to hydrolysis) is 1. The highest BCUT2D eigenvalue weighted by Crippen LogP contribution is 1.97. The zero-order chi connectivity index (χ0) is 16.1. The van der Waals surface area contributed by atoms with E-state index in [9.17, 15) is 14.4 Å². The van der Waals surface area contributed by atoms with Crippen LogP contribution in [0.2, 0.25) is 0 Å². The Morgan fingerprint density at radius 1 is 1.24 bits per heavy atom. The first-order chi connectivity index (χ1) is 9.99. The largest absolute Gasteiger partial charge is 0.461 e. The fourth-order valence-electron chi connectivity index (χ4n) is 1.15. The Balaban J connectivity index is 3.58. The summed E-state index contributed by atoms with van der Waals surface area (Å²) < 4.78 is 19.3. The third-order valence-corrected chi connectivity index (χ3v) is 2.02. The Morgan fingerprint density at radius 3 is 2.57 bits per heavy atom. The molecule has 0 aliphatic carbocycles. The van der Waals surface area contributed by atoms with Gasteiger partial charge < -0.3 is 24.3 Å². The molecule has 1 N–H and O–H groups in total. The van der Waals surface area contributed by atoms with Gasteiger partial charge in [0.25, 0.3) is 0 Å². The van der Waals surface area contributed by atoms with E-state index in [-0.39, 0.29) is 26.2 Å². The van der Waals surface area contributed by atoms with Gasteiger partial charge in [0, 0.05) is 12.7 Å². The molecule has 0 radical (unpaired) electrons. The molecule has 120 valence electrons. The van der Waals surface area contributed by atoms with Crippen LogP contribution in [0.3, 0.4) is 0 Å². The number of ether oxygens (including phenoxy) is 4. The monoisotopic (exact) mass is 303 g/mol. The van der Waals surface area contributed by atoms with Crippen LogP contribution in [0.1, 0.15) is 20.3 Å². The van der Waals surface area contributed by atoms with Crippen LogP contribution in [-0.4, -0.2) is 50.7 Å². The molecule has 8 nitrogen and oxygen atoms in total. The van der Waals surface area contributed by atoms with Crippen molar-refractivity contribution in [1.29, 1.82) is 0 Å². The van der Waals surface area contributed by atoms with Crippen molar-refractivity contribution in [1.82, 2.24) is 5.32 Å². The molecule has 8 heteroatoms. The lowest BCUT2D eigenvalue weighted by Gasteiger charge is -2.12. The molecule has 0 saturated heterocycles. The summed E-state index contributed by atoms with van der Waals surface area (Å²) in [6, 6.07) is 0. The van der Waals surface area contributed by atoms with Gasteiger partial charge in [-0.15, -0.1) is 0 Å². The van der Waals surface area contributed by atoms with Crippen molar-refractivity contribution in [2.45, 2.75) is 26.6 Å². The van der Waals surface area contributed by atoms with Crippen LogP contribution >= 0.6 is 0 Å². The third kappa shape index (κ3) is 11.4. The molecular formula is C13H21NO7. The molecule has 0 bridgehead atoms. The summed E-state index contributed by atoms with van der Waals surface area (Å²) in [7, 11) is 0. The van der Waals surface area contributed by atoms with E-state index in [2.05, 4.69) is 16.6 Å². The zero-order valence-corrected chi connectivity index (χ0v) is 12.3. The van der Waals surface area contributed by atoms with Crippen LogP contribution in [0.4, 0.5) is 4.79 Å². The number of amides is 1. The average molecular weight is 303 g/mol. The van der Waals surface area contributed by atoms with Gasteiger partial charge in [-0.05, 0) is 13.8 Å². The Hall–Kier alpha value is -2.09. The minimum atomic E-state index is -0.713. The quantitative estimate of drug-likeness (QED) is 0.209. The number of carbonyl (C=O) groups excluding carboxylic acids is 3. The van der Waals surface area contributed by atoms with Gasteiger partial charge in [-0.3, -0.25) is 4.79 Å². The van der Waals surface area contributed by atoms with Gasteiger partial charge >= 0.3 is 18.0 Å². The molecule has 0 spiro atoms. The van der Waals surface area contributed by atoms with Gasteiger partial charge in [-0.25, -0.2) is 9.59 Å². The maximum atomic E-state index is 11.3. The van der Waals surface area contributed by atoms with Crippen LogP contribution < -0.4 is 5.32 Å². The van der Waals surface area contributed by atoms with E-state index in [1.807, 2.05) is 0 Å². The van der Waals surface area contributed by atoms with Gasteiger partial charge in [0.2, 0.25) is 0 Å². The predicted molar refractivity (Wildman–Crippen MR) is 72.3 cm³/mol. The second-order valence-corrected chi connectivity index (χ2v) is 3.70. The van der Waals surface area contributed by atoms with E-state index in [0.29, 0.717) is 6.61 Å². The molecule has 1 unspecified atom stereocenters. The highest BCUT2D eigenvalue weighted by atomic mass is 16.7. The number of rotatable bonds is 10. The summed E-state index contributed by atoms with van der Waals surface area (Å²) in [6.45, 7) is 7.03. The molecule has 21 heavy (non-hydrogen) atoms. The molecule has 0 fully saturated rings. The molecule has 0 aromatic rings. The van der Waals surface area contributed by atoms with Gasteiger partial charge in [0.1, 0.15) is 13.2 Å². The lowest BCUT2D eigenvalue weighted by Crippen LogP contribution is -2.29. The van der Waals surface area contributed by atoms with Crippen molar-refractivity contribution in [3.8, 4) is 0 Å². The molecule has 0 aliphatic heterocycles. The predicted octanol–water partition coefficient (Wildman–Crippen LogP) is 0.758. The lowest BCUT2D eigenvalue weighted by atomic mass is 10.5.